The zero-order valence-electron chi connectivity index (χ0n) is 11.4. The van der Waals surface area contributed by atoms with Gasteiger partial charge in [-0.3, -0.25) is 4.79 Å². The van der Waals surface area contributed by atoms with Crippen LogP contribution in [-0.2, 0) is 9.22 Å². The second-order valence-electron chi connectivity index (χ2n) is 7.04. The van der Waals surface area contributed by atoms with E-state index in [1.54, 1.807) is 0 Å². The van der Waals surface area contributed by atoms with Crippen LogP contribution < -0.4 is 0 Å². The zero-order valence-corrected chi connectivity index (χ0v) is 14.0. The van der Waals surface area contributed by atoms with Crippen LogP contribution in [0.15, 0.2) is 0 Å². The first kappa shape index (κ1) is 13.8. The van der Waals surface area contributed by atoms with Crippen molar-refractivity contribution in [1.29, 1.82) is 0 Å². The summed E-state index contributed by atoms with van der Waals surface area (Å²) in [6.45, 7) is 11.4. The molecule has 0 aromatic carbocycles. The molecule has 2 fully saturated rings. The summed E-state index contributed by atoms with van der Waals surface area (Å²) in [6, 6.07) is 0. The van der Waals surface area contributed by atoms with Gasteiger partial charge in [0.25, 0.3) is 0 Å². The maximum atomic E-state index is 11.5. The monoisotopic (exact) mass is 318 g/mol. The summed E-state index contributed by atoms with van der Waals surface area (Å²) in [6.07, 6.45) is 1.95. The van der Waals surface area contributed by atoms with Crippen LogP contribution in [0.5, 0.6) is 0 Å². The fourth-order valence-corrected chi connectivity index (χ4v) is 5.00. The van der Waals surface area contributed by atoms with Gasteiger partial charge in [-0.2, -0.15) is 0 Å². The Morgan fingerprint density at radius 3 is 2.35 bits per heavy atom. The summed E-state index contributed by atoms with van der Waals surface area (Å²) >= 11 is 3.75. The molecule has 2 saturated carbocycles. The second-order valence-corrected chi connectivity index (χ2v) is 12.9. The van der Waals surface area contributed by atoms with E-state index in [2.05, 4.69) is 49.8 Å². The lowest BCUT2D eigenvalue weighted by molar-refractivity contribution is -0.132. The van der Waals surface area contributed by atoms with Crippen LogP contribution >= 0.6 is 15.9 Å². The third-order valence-electron chi connectivity index (χ3n) is 4.87. The third kappa shape index (κ3) is 2.28. The maximum absolute atomic E-state index is 11.5. The summed E-state index contributed by atoms with van der Waals surface area (Å²) in [5.74, 6) is 1.27. The predicted molar refractivity (Wildman–Crippen MR) is 76.0 cm³/mol. The smallest absolute Gasteiger partial charge is 0.192 e. The molecular weight excluding hydrogens is 296 g/mol. The van der Waals surface area contributed by atoms with Gasteiger partial charge in [-0.25, -0.2) is 0 Å². The molecule has 0 saturated heterocycles. The molecule has 0 aromatic rings. The van der Waals surface area contributed by atoms with Gasteiger partial charge in [0.2, 0.25) is 0 Å². The van der Waals surface area contributed by atoms with Crippen LogP contribution in [0.25, 0.3) is 0 Å². The lowest BCUT2D eigenvalue weighted by atomic mass is 9.75. The minimum absolute atomic E-state index is 0.241. The van der Waals surface area contributed by atoms with Crippen molar-refractivity contribution in [2.75, 3.05) is 0 Å². The summed E-state index contributed by atoms with van der Waals surface area (Å²) in [5.41, 5.74) is 0. The van der Waals surface area contributed by atoms with Gasteiger partial charge in [-0.05, 0) is 30.5 Å². The van der Waals surface area contributed by atoms with Crippen LogP contribution in [0.3, 0.4) is 0 Å². The number of fused-ring (bicyclic) bond motifs is 1. The van der Waals surface area contributed by atoms with E-state index in [0.29, 0.717) is 16.5 Å². The predicted octanol–water partition coefficient (Wildman–Crippen LogP) is 3.75. The van der Waals surface area contributed by atoms with Gasteiger partial charge in [0, 0.05) is 17.2 Å². The molecule has 0 radical (unpaired) electrons. The Labute approximate surface area is 114 Å². The fourth-order valence-electron chi connectivity index (χ4n) is 2.57. The average molecular weight is 319 g/mol. The number of Topliss-reactive ketones (excluding diaryl/α,β-unsaturated/α-hetero) is 1. The van der Waals surface area contributed by atoms with Crippen LogP contribution in [0.4, 0.5) is 0 Å². The van der Waals surface area contributed by atoms with Crippen molar-refractivity contribution >= 4 is 30.0 Å². The first-order valence-corrected chi connectivity index (χ1v) is 10.3. The molecule has 0 spiro atoms. The van der Waals surface area contributed by atoms with E-state index in [9.17, 15) is 4.79 Å². The summed E-state index contributed by atoms with van der Waals surface area (Å²) in [4.78, 5) is 11.9. The Bertz CT molecular complexity index is 335. The van der Waals surface area contributed by atoms with E-state index in [1.807, 2.05) is 0 Å². The largest absolute Gasteiger partial charge is 0.413 e. The molecule has 17 heavy (non-hydrogen) atoms. The first-order chi connectivity index (χ1) is 7.63. The van der Waals surface area contributed by atoms with Crippen molar-refractivity contribution in [2.24, 2.45) is 11.8 Å². The van der Waals surface area contributed by atoms with Crippen molar-refractivity contribution in [3.63, 3.8) is 0 Å². The molecule has 2 rings (SSSR count). The number of ketones is 1. The van der Waals surface area contributed by atoms with Crippen LogP contribution in [0.2, 0.25) is 18.1 Å². The Morgan fingerprint density at radius 2 is 1.94 bits per heavy atom. The number of carbonyl (C=O) groups is 1. The summed E-state index contributed by atoms with van der Waals surface area (Å²) < 4.78 is 6.44. The second kappa shape index (κ2) is 4.17. The number of hydrogen-bond donors (Lipinski definition) is 0. The van der Waals surface area contributed by atoms with E-state index < -0.39 is 8.32 Å². The fraction of sp³-hybridized carbons (Fsp3) is 0.923. The first-order valence-electron chi connectivity index (χ1n) is 6.48. The minimum Gasteiger partial charge on any atom is -0.413 e. The highest BCUT2D eigenvalue weighted by atomic mass is 79.9. The Kier molecular flexibility index (Phi) is 3.37. The van der Waals surface area contributed by atoms with Crippen LogP contribution in [-0.4, -0.2) is 25.0 Å². The van der Waals surface area contributed by atoms with E-state index in [-0.39, 0.29) is 17.1 Å². The number of alkyl halides is 1. The molecule has 0 aromatic heterocycles. The van der Waals surface area contributed by atoms with Crippen molar-refractivity contribution < 1.29 is 9.22 Å². The van der Waals surface area contributed by atoms with Gasteiger partial charge < -0.3 is 4.43 Å². The quantitative estimate of drug-likeness (QED) is 0.572. The molecule has 4 unspecified atom stereocenters. The number of hydrogen-bond acceptors (Lipinski definition) is 2. The van der Waals surface area contributed by atoms with E-state index >= 15 is 0 Å². The van der Waals surface area contributed by atoms with Crippen molar-refractivity contribution in [2.45, 2.75) is 62.7 Å². The lowest BCUT2D eigenvalue weighted by Crippen LogP contribution is -2.45. The van der Waals surface area contributed by atoms with E-state index in [4.69, 9.17) is 4.43 Å². The molecule has 2 nitrogen and oxygen atoms in total. The molecule has 0 bridgehead atoms. The number of rotatable bonds is 2. The van der Waals surface area contributed by atoms with Crippen LogP contribution in [0, 0.1) is 11.8 Å². The topological polar surface area (TPSA) is 26.3 Å². The van der Waals surface area contributed by atoms with Crippen molar-refractivity contribution in [3.05, 3.63) is 0 Å². The SMILES string of the molecule is CC(C)(C)[Si](C)(C)OC1CC2C(=O)CC2C1Br. The van der Waals surface area contributed by atoms with Gasteiger partial charge in [0.1, 0.15) is 5.78 Å². The van der Waals surface area contributed by atoms with Gasteiger partial charge in [-0.15, -0.1) is 0 Å². The van der Waals surface area contributed by atoms with Crippen LogP contribution in [0.1, 0.15) is 33.6 Å². The maximum Gasteiger partial charge on any atom is 0.192 e. The normalized spacial score (nSPS) is 37.9. The Hall–Kier alpha value is 0.327. The van der Waals surface area contributed by atoms with Gasteiger partial charge in [0.15, 0.2) is 8.32 Å². The molecule has 4 atom stereocenters. The molecular formula is C13H23BrO2Si. The van der Waals surface area contributed by atoms with E-state index in [1.165, 1.54) is 0 Å². The number of halogens is 1. The molecule has 98 valence electrons. The Balaban J connectivity index is 2.03. The highest BCUT2D eigenvalue weighted by Gasteiger charge is 2.54. The molecule has 2 aliphatic rings. The van der Waals surface area contributed by atoms with Gasteiger partial charge in [0.05, 0.1) is 6.10 Å². The molecule has 0 N–H and O–H groups in total. The van der Waals surface area contributed by atoms with Gasteiger partial charge >= 0.3 is 0 Å². The van der Waals surface area contributed by atoms with Crippen molar-refractivity contribution in [1.82, 2.24) is 0 Å². The molecule has 0 heterocycles. The summed E-state index contributed by atoms with van der Waals surface area (Å²) in [5, 5.41) is 0.241. The molecule has 0 aliphatic heterocycles. The van der Waals surface area contributed by atoms with Gasteiger partial charge in [-0.1, -0.05) is 36.7 Å². The third-order valence-corrected chi connectivity index (χ3v) is 10.6. The molecule has 4 heteroatoms. The van der Waals surface area contributed by atoms with Crippen molar-refractivity contribution in [3.8, 4) is 0 Å². The highest BCUT2D eigenvalue weighted by molar-refractivity contribution is 9.09. The summed E-state index contributed by atoms with van der Waals surface area (Å²) in [7, 11) is -1.71. The number of carbonyl (C=O) groups excluding carboxylic acids is 1. The zero-order chi connectivity index (χ0) is 13.0. The molecule has 2 aliphatic carbocycles. The lowest BCUT2D eigenvalue weighted by Gasteiger charge is -2.39. The minimum atomic E-state index is -1.71. The standard InChI is InChI=1S/C13H23BrO2Si/c1-13(2,3)17(4,5)16-11-7-8-9(12(11)14)6-10(8)15/h8-9,11-12H,6-7H2,1-5H3. The molecule has 0 amide bonds. The Morgan fingerprint density at radius 1 is 1.35 bits per heavy atom. The highest BCUT2D eigenvalue weighted by Crippen LogP contribution is 2.50. The average Bonchev–Trinajstić information content (AvgIpc) is 2.39. The van der Waals surface area contributed by atoms with E-state index in [0.717, 1.165) is 12.8 Å².